The molecule has 0 spiro atoms. The minimum absolute atomic E-state index is 0.0389. The molecule has 2 fully saturated rings. The van der Waals surface area contributed by atoms with Gasteiger partial charge in [-0.1, -0.05) is 6.07 Å². The molecule has 1 aromatic carbocycles. The molecule has 3 heterocycles. The van der Waals surface area contributed by atoms with Crippen LogP contribution in [-0.4, -0.2) is 63.6 Å². The molecule has 2 aliphatic heterocycles. The molecule has 4 rings (SSSR count). The molecule has 194 valence electrons. The predicted molar refractivity (Wildman–Crippen MR) is 131 cm³/mol. The lowest BCUT2D eigenvalue weighted by molar-refractivity contribution is -0.137. The Bertz CT molecular complexity index is 1280. The lowest BCUT2D eigenvalue weighted by atomic mass is 10.0. The van der Waals surface area contributed by atoms with Gasteiger partial charge in [-0.25, -0.2) is 9.78 Å². The standard InChI is InChI=1S/C24H23F3N6O3S/c1-23(2)20(34)33(17-5-4-16(12-28)18(11-17)24(25,26)27)22(37)32(23)14-15-3-6-19(30-13-15)36-10-9-31-8-7-29-21(31)35/h3-6,11,13H,7-10,14H2,1-2H3,(H,29,35). The third kappa shape index (κ3) is 5.15. The molecular formula is C24H23F3N6O3S. The third-order valence-corrected chi connectivity index (χ3v) is 6.61. The highest BCUT2D eigenvalue weighted by molar-refractivity contribution is 7.80. The van der Waals surface area contributed by atoms with E-state index in [4.69, 9.17) is 22.2 Å². The molecule has 13 heteroatoms. The third-order valence-electron chi connectivity index (χ3n) is 6.21. The Morgan fingerprint density at radius 1 is 1.24 bits per heavy atom. The number of carbonyl (C=O) groups excluding carboxylic acids is 2. The van der Waals surface area contributed by atoms with Gasteiger partial charge in [0.15, 0.2) is 5.11 Å². The SMILES string of the molecule is CC1(C)C(=O)N(c2ccc(C#N)c(C(F)(F)F)c2)C(=S)N1Cc1ccc(OCCN2CCNC2=O)nc1. The number of nitriles is 1. The Labute approximate surface area is 216 Å². The average molecular weight is 533 g/mol. The molecule has 1 aromatic heterocycles. The van der Waals surface area contributed by atoms with Crippen LogP contribution < -0.4 is 15.0 Å². The molecule has 9 nitrogen and oxygen atoms in total. The van der Waals surface area contributed by atoms with Crippen molar-refractivity contribution in [2.24, 2.45) is 0 Å². The number of benzene rings is 1. The topological polar surface area (TPSA) is 102 Å². The lowest BCUT2D eigenvalue weighted by Gasteiger charge is -2.29. The normalized spacial score (nSPS) is 17.3. The van der Waals surface area contributed by atoms with Crippen LogP contribution in [0.3, 0.4) is 0 Å². The minimum atomic E-state index is -4.77. The maximum atomic E-state index is 13.5. The molecule has 3 amide bonds. The van der Waals surface area contributed by atoms with E-state index < -0.39 is 28.7 Å². The van der Waals surface area contributed by atoms with Crippen molar-refractivity contribution in [3.63, 3.8) is 0 Å². The number of aromatic nitrogens is 1. The molecule has 37 heavy (non-hydrogen) atoms. The van der Waals surface area contributed by atoms with Crippen LogP contribution in [0.4, 0.5) is 23.7 Å². The van der Waals surface area contributed by atoms with E-state index >= 15 is 0 Å². The number of urea groups is 1. The Kier molecular flexibility index (Phi) is 6.96. The second-order valence-corrected chi connectivity index (χ2v) is 9.35. The van der Waals surface area contributed by atoms with E-state index in [2.05, 4.69) is 10.3 Å². The van der Waals surface area contributed by atoms with Crippen LogP contribution in [0.25, 0.3) is 0 Å². The van der Waals surface area contributed by atoms with Crippen molar-refractivity contribution in [1.29, 1.82) is 5.26 Å². The number of alkyl halides is 3. The van der Waals surface area contributed by atoms with E-state index in [-0.39, 0.29) is 30.0 Å². The second-order valence-electron chi connectivity index (χ2n) is 8.98. The predicted octanol–water partition coefficient (Wildman–Crippen LogP) is 3.29. The number of nitrogens with zero attached hydrogens (tertiary/aromatic N) is 5. The van der Waals surface area contributed by atoms with E-state index in [0.717, 1.165) is 17.0 Å². The first-order valence-corrected chi connectivity index (χ1v) is 11.7. The van der Waals surface area contributed by atoms with Gasteiger partial charge in [-0.3, -0.25) is 9.69 Å². The number of ether oxygens (including phenoxy) is 1. The molecule has 0 aliphatic carbocycles. The van der Waals surface area contributed by atoms with Crippen LogP contribution in [0.2, 0.25) is 0 Å². The van der Waals surface area contributed by atoms with Crippen LogP contribution in [0.15, 0.2) is 36.5 Å². The number of pyridine rings is 1. The quantitative estimate of drug-likeness (QED) is 0.546. The number of rotatable bonds is 7. The van der Waals surface area contributed by atoms with E-state index in [9.17, 15) is 22.8 Å². The highest BCUT2D eigenvalue weighted by Gasteiger charge is 2.49. The van der Waals surface area contributed by atoms with Crippen molar-refractivity contribution in [2.45, 2.75) is 32.1 Å². The van der Waals surface area contributed by atoms with Gasteiger partial charge >= 0.3 is 12.2 Å². The Morgan fingerprint density at radius 2 is 2.00 bits per heavy atom. The van der Waals surface area contributed by atoms with Gasteiger partial charge in [-0.15, -0.1) is 0 Å². The summed E-state index contributed by atoms with van der Waals surface area (Å²) in [4.78, 5) is 33.4. The molecule has 2 saturated heterocycles. The number of amides is 3. The van der Waals surface area contributed by atoms with E-state index in [0.29, 0.717) is 31.1 Å². The summed E-state index contributed by atoms with van der Waals surface area (Å²) in [6.07, 6.45) is -3.20. The fourth-order valence-corrected chi connectivity index (χ4v) is 4.57. The van der Waals surface area contributed by atoms with Crippen molar-refractivity contribution in [1.82, 2.24) is 20.1 Å². The van der Waals surface area contributed by atoms with Crippen molar-refractivity contribution >= 4 is 35.0 Å². The van der Waals surface area contributed by atoms with Crippen LogP contribution >= 0.6 is 12.2 Å². The first-order chi connectivity index (χ1) is 17.4. The van der Waals surface area contributed by atoms with Gasteiger partial charge in [0.1, 0.15) is 12.1 Å². The van der Waals surface area contributed by atoms with Gasteiger partial charge in [0.2, 0.25) is 5.88 Å². The molecule has 0 unspecified atom stereocenters. The Hall–Kier alpha value is -3.92. The number of halogens is 3. The van der Waals surface area contributed by atoms with Gasteiger partial charge in [0.05, 0.1) is 29.4 Å². The maximum Gasteiger partial charge on any atom is 0.417 e. The van der Waals surface area contributed by atoms with E-state index in [1.165, 1.54) is 12.1 Å². The zero-order valence-corrected chi connectivity index (χ0v) is 20.8. The summed E-state index contributed by atoms with van der Waals surface area (Å²) in [5.74, 6) is -0.129. The molecule has 0 atom stereocenters. The van der Waals surface area contributed by atoms with Gasteiger partial charge < -0.3 is 19.9 Å². The van der Waals surface area contributed by atoms with Crippen LogP contribution in [0.5, 0.6) is 5.88 Å². The summed E-state index contributed by atoms with van der Waals surface area (Å²) in [5, 5.41) is 11.8. The second kappa shape index (κ2) is 9.85. The molecule has 2 aromatic rings. The fourth-order valence-electron chi connectivity index (χ4n) is 4.09. The summed E-state index contributed by atoms with van der Waals surface area (Å²) >= 11 is 5.51. The van der Waals surface area contributed by atoms with Gasteiger partial charge in [0, 0.05) is 31.9 Å². The molecular weight excluding hydrogens is 509 g/mol. The summed E-state index contributed by atoms with van der Waals surface area (Å²) < 4.78 is 46.1. The number of anilines is 1. The molecule has 2 aliphatic rings. The number of nitrogens with one attached hydrogen (secondary N) is 1. The lowest BCUT2D eigenvalue weighted by Crippen LogP contribution is -2.43. The zero-order chi connectivity index (χ0) is 27.0. The highest BCUT2D eigenvalue weighted by atomic mass is 32.1. The van der Waals surface area contributed by atoms with Crippen molar-refractivity contribution in [2.75, 3.05) is 31.1 Å². The van der Waals surface area contributed by atoms with E-state index in [1.807, 2.05) is 0 Å². The molecule has 0 radical (unpaired) electrons. The monoisotopic (exact) mass is 532 g/mol. The maximum absolute atomic E-state index is 13.5. The molecule has 0 saturated carbocycles. The van der Waals surface area contributed by atoms with Crippen molar-refractivity contribution < 1.29 is 27.5 Å². The van der Waals surface area contributed by atoms with Gasteiger partial charge in [-0.2, -0.15) is 18.4 Å². The van der Waals surface area contributed by atoms with Crippen LogP contribution in [-0.2, 0) is 17.5 Å². The first-order valence-electron chi connectivity index (χ1n) is 11.3. The Morgan fingerprint density at radius 3 is 2.59 bits per heavy atom. The number of thiocarbonyl (C=S) groups is 1. The zero-order valence-electron chi connectivity index (χ0n) is 20.0. The first kappa shape index (κ1) is 26.2. The summed E-state index contributed by atoms with van der Waals surface area (Å²) in [6.45, 7) is 5.37. The summed E-state index contributed by atoms with van der Waals surface area (Å²) in [5.41, 5.74) is -2.18. The van der Waals surface area contributed by atoms with Gasteiger partial charge in [-0.05, 0) is 49.8 Å². The number of hydrogen-bond donors (Lipinski definition) is 1. The smallest absolute Gasteiger partial charge is 0.417 e. The number of carbonyl (C=O) groups is 2. The molecule has 0 bridgehead atoms. The molecule has 1 N–H and O–H groups in total. The van der Waals surface area contributed by atoms with Crippen molar-refractivity contribution in [3.05, 3.63) is 53.2 Å². The number of hydrogen-bond acceptors (Lipinski definition) is 6. The summed E-state index contributed by atoms with van der Waals surface area (Å²) in [7, 11) is 0. The average Bonchev–Trinajstić information content (AvgIpc) is 3.33. The summed E-state index contributed by atoms with van der Waals surface area (Å²) in [6, 6.07) is 7.88. The Balaban J connectivity index is 1.47. The fraction of sp³-hybridized carbons (Fsp3) is 0.375. The van der Waals surface area contributed by atoms with Crippen LogP contribution in [0, 0.1) is 11.3 Å². The van der Waals surface area contributed by atoms with Gasteiger partial charge in [0.25, 0.3) is 5.91 Å². The highest BCUT2D eigenvalue weighted by Crippen LogP contribution is 2.38. The minimum Gasteiger partial charge on any atom is -0.476 e. The largest absolute Gasteiger partial charge is 0.476 e. The van der Waals surface area contributed by atoms with Crippen molar-refractivity contribution in [3.8, 4) is 11.9 Å². The van der Waals surface area contributed by atoms with Crippen LogP contribution in [0.1, 0.15) is 30.5 Å². The van der Waals surface area contributed by atoms with E-state index in [1.54, 1.807) is 42.0 Å².